The standard InChI is InChI=1S/C9H15F3N2O/c1-6(4-9(10,11)12)14-7-2-3-8(15)13-5-7/h6-7,14H,2-5H2,1H3,(H,13,15). The van der Waals surface area contributed by atoms with Gasteiger partial charge in [0.1, 0.15) is 0 Å². The lowest BCUT2D eigenvalue weighted by Crippen LogP contribution is -2.49. The van der Waals surface area contributed by atoms with E-state index in [9.17, 15) is 18.0 Å². The minimum atomic E-state index is -4.13. The van der Waals surface area contributed by atoms with Gasteiger partial charge < -0.3 is 10.6 Å². The smallest absolute Gasteiger partial charge is 0.355 e. The minimum absolute atomic E-state index is 0.0310. The third kappa shape index (κ3) is 5.01. The van der Waals surface area contributed by atoms with E-state index in [-0.39, 0.29) is 11.9 Å². The van der Waals surface area contributed by atoms with Crippen LogP contribution in [-0.4, -0.2) is 30.7 Å². The van der Waals surface area contributed by atoms with Gasteiger partial charge in [0.15, 0.2) is 0 Å². The summed E-state index contributed by atoms with van der Waals surface area (Å²) in [6.45, 7) is 1.92. The molecule has 1 saturated heterocycles. The van der Waals surface area contributed by atoms with Gasteiger partial charge in [0.25, 0.3) is 0 Å². The predicted octanol–water partition coefficient (Wildman–Crippen LogP) is 1.20. The van der Waals surface area contributed by atoms with E-state index in [2.05, 4.69) is 10.6 Å². The molecule has 1 amide bonds. The van der Waals surface area contributed by atoms with Crippen molar-refractivity contribution in [3.8, 4) is 0 Å². The van der Waals surface area contributed by atoms with Crippen molar-refractivity contribution in [2.45, 2.75) is 44.4 Å². The number of piperidine rings is 1. The second kappa shape index (κ2) is 4.83. The molecule has 1 aliphatic heterocycles. The molecule has 0 spiro atoms. The van der Waals surface area contributed by atoms with Crippen molar-refractivity contribution in [3.63, 3.8) is 0 Å². The van der Waals surface area contributed by atoms with E-state index in [4.69, 9.17) is 0 Å². The van der Waals surface area contributed by atoms with Crippen LogP contribution in [0.15, 0.2) is 0 Å². The maximum atomic E-state index is 12.0. The van der Waals surface area contributed by atoms with Gasteiger partial charge in [-0.3, -0.25) is 4.79 Å². The highest BCUT2D eigenvalue weighted by Crippen LogP contribution is 2.21. The van der Waals surface area contributed by atoms with Gasteiger partial charge >= 0.3 is 6.18 Å². The summed E-state index contributed by atoms with van der Waals surface area (Å²) in [4.78, 5) is 10.8. The Bertz CT molecular complexity index is 220. The van der Waals surface area contributed by atoms with Crippen LogP contribution in [0.5, 0.6) is 0 Å². The molecule has 6 heteroatoms. The highest BCUT2D eigenvalue weighted by Gasteiger charge is 2.31. The molecule has 1 rings (SSSR count). The molecule has 1 aliphatic rings. The minimum Gasteiger partial charge on any atom is -0.355 e. The summed E-state index contributed by atoms with van der Waals surface area (Å²) in [5.74, 6) is -0.0310. The van der Waals surface area contributed by atoms with Crippen LogP contribution in [0.2, 0.25) is 0 Å². The fraction of sp³-hybridized carbons (Fsp3) is 0.889. The van der Waals surface area contributed by atoms with E-state index < -0.39 is 18.6 Å². The maximum absolute atomic E-state index is 12.0. The second-order valence-corrected chi connectivity index (χ2v) is 3.93. The van der Waals surface area contributed by atoms with Gasteiger partial charge in [-0.15, -0.1) is 0 Å². The number of carbonyl (C=O) groups excluding carboxylic acids is 1. The highest BCUT2D eigenvalue weighted by atomic mass is 19.4. The van der Waals surface area contributed by atoms with Crippen molar-refractivity contribution in [2.24, 2.45) is 0 Å². The number of amides is 1. The summed E-state index contributed by atoms with van der Waals surface area (Å²) < 4.78 is 36.0. The fourth-order valence-electron chi connectivity index (χ4n) is 1.68. The zero-order valence-electron chi connectivity index (χ0n) is 8.53. The molecule has 1 fully saturated rings. The Morgan fingerprint density at radius 1 is 1.60 bits per heavy atom. The van der Waals surface area contributed by atoms with Gasteiger partial charge in [0.05, 0.1) is 6.42 Å². The average Bonchev–Trinajstić information content (AvgIpc) is 2.05. The van der Waals surface area contributed by atoms with Crippen LogP contribution in [-0.2, 0) is 4.79 Å². The van der Waals surface area contributed by atoms with Crippen LogP contribution >= 0.6 is 0 Å². The van der Waals surface area contributed by atoms with E-state index in [1.807, 2.05) is 0 Å². The molecule has 3 nitrogen and oxygen atoms in total. The average molecular weight is 224 g/mol. The van der Waals surface area contributed by atoms with Crippen LogP contribution < -0.4 is 10.6 Å². The molecule has 0 saturated carbocycles. The Morgan fingerprint density at radius 3 is 2.73 bits per heavy atom. The van der Waals surface area contributed by atoms with Crippen molar-refractivity contribution in [2.75, 3.05) is 6.54 Å². The maximum Gasteiger partial charge on any atom is 0.390 e. The van der Waals surface area contributed by atoms with Gasteiger partial charge in [-0.2, -0.15) is 13.2 Å². The molecule has 2 unspecified atom stereocenters. The zero-order valence-corrected chi connectivity index (χ0v) is 8.53. The highest BCUT2D eigenvalue weighted by molar-refractivity contribution is 5.76. The lowest BCUT2D eigenvalue weighted by molar-refractivity contribution is -0.139. The van der Waals surface area contributed by atoms with Crippen molar-refractivity contribution in [3.05, 3.63) is 0 Å². The van der Waals surface area contributed by atoms with Crippen LogP contribution in [0.1, 0.15) is 26.2 Å². The molecule has 2 atom stereocenters. The quantitative estimate of drug-likeness (QED) is 0.756. The van der Waals surface area contributed by atoms with Crippen LogP contribution in [0, 0.1) is 0 Å². The molecular weight excluding hydrogens is 209 g/mol. The summed E-state index contributed by atoms with van der Waals surface area (Å²) in [6, 6.07) is -0.648. The van der Waals surface area contributed by atoms with E-state index in [0.717, 1.165) is 0 Å². The normalized spacial score (nSPS) is 24.8. The first-order valence-corrected chi connectivity index (χ1v) is 4.96. The topological polar surface area (TPSA) is 41.1 Å². The number of alkyl halides is 3. The number of hydrogen-bond donors (Lipinski definition) is 2. The SMILES string of the molecule is CC(CC(F)(F)F)NC1CCC(=O)NC1. The van der Waals surface area contributed by atoms with Gasteiger partial charge in [-0.1, -0.05) is 0 Å². The number of hydrogen-bond acceptors (Lipinski definition) is 2. The Balaban J connectivity index is 2.26. The van der Waals surface area contributed by atoms with Gasteiger partial charge in [0, 0.05) is 25.0 Å². The molecule has 0 aromatic heterocycles. The molecule has 0 aromatic rings. The Morgan fingerprint density at radius 2 is 2.27 bits per heavy atom. The summed E-state index contributed by atoms with van der Waals surface area (Å²) in [7, 11) is 0. The molecule has 0 aliphatic carbocycles. The Kier molecular flexibility index (Phi) is 3.96. The summed E-state index contributed by atoms with van der Waals surface area (Å²) in [5, 5.41) is 5.48. The number of nitrogens with one attached hydrogen (secondary N) is 2. The van der Waals surface area contributed by atoms with E-state index >= 15 is 0 Å². The van der Waals surface area contributed by atoms with E-state index in [1.165, 1.54) is 6.92 Å². The zero-order chi connectivity index (χ0) is 11.5. The second-order valence-electron chi connectivity index (χ2n) is 3.93. The van der Waals surface area contributed by atoms with Crippen molar-refractivity contribution in [1.29, 1.82) is 0 Å². The van der Waals surface area contributed by atoms with E-state index in [1.54, 1.807) is 0 Å². The summed E-state index contributed by atoms with van der Waals surface area (Å²) >= 11 is 0. The number of rotatable bonds is 3. The molecule has 0 bridgehead atoms. The van der Waals surface area contributed by atoms with Gasteiger partial charge in [-0.05, 0) is 13.3 Å². The number of carbonyl (C=O) groups is 1. The predicted molar refractivity (Wildman–Crippen MR) is 49.3 cm³/mol. The first-order chi connectivity index (χ1) is 6.87. The third-order valence-corrected chi connectivity index (χ3v) is 2.32. The van der Waals surface area contributed by atoms with Crippen molar-refractivity contribution < 1.29 is 18.0 Å². The van der Waals surface area contributed by atoms with Crippen LogP contribution in [0.25, 0.3) is 0 Å². The monoisotopic (exact) mass is 224 g/mol. The number of halogens is 3. The summed E-state index contributed by atoms with van der Waals surface area (Å²) in [6.07, 6.45) is -3.98. The first-order valence-electron chi connectivity index (χ1n) is 4.96. The molecule has 1 heterocycles. The summed E-state index contributed by atoms with van der Waals surface area (Å²) in [5.41, 5.74) is 0. The lowest BCUT2D eigenvalue weighted by atomic mass is 10.1. The Labute approximate surface area is 86.4 Å². The molecule has 88 valence electrons. The lowest BCUT2D eigenvalue weighted by Gasteiger charge is -2.27. The van der Waals surface area contributed by atoms with Crippen LogP contribution in [0.4, 0.5) is 13.2 Å². The largest absolute Gasteiger partial charge is 0.390 e. The molecule has 15 heavy (non-hydrogen) atoms. The molecule has 2 N–H and O–H groups in total. The molecule has 0 radical (unpaired) electrons. The molecule has 0 aromatic carbocycles. The van der Waals surface area contributed by atoms with E-state index in [0.29, 0.717) is 19.4 Å². The van der Waals surface area contributed by atoms with Crippen LogP contribution in [0.3, 0.4) is 0 Å². The molecular formula is C9H15F3N2O. The van der Waals surface area contributed by atoms with Gasteiger partial charge in [-0.25, -0.2) is 0 Å². The fourth-order valence-corrected chi connectivity index (χ4v) is 1.68. The van der Waals surface area contributed by atoms with Crippen molar-refractivity contribution in [1.82, 2.24) is 10.6 Å². The van der Waals surface area contributed by atoms with Gasteiger partial charge in [0.2, 0.25) is 5.91 Å². The first kappa shape index (κ1) is 12.3. The third-order valence-electron chi connectivity index (χ3n) is 2.32. The Hall–Kier alpha value is -0.780. The van der Waals surface area contributed by atoms with Crippen molar-refractivity contribution >= 4 is 5.91 Å².